The number of aliphatic imine (C=N–C) groups is 1. The van der Waals surface area contributed by atoms with Crippen LogP contribution in [-0.2, 0) is 14.3 Å². The zero-order valence-corrected chi connectivity index (χ0v) is 15.2. The van der Waals surface area contributed by atoms with Crippen molar-refractivity contribution in [2.24, 2.45) is 4.99 Å². The number of rotatable bonds is 3. The molecule has 0 radical (unpaired) electrons. The molecule has 21 heavy (non-hydrogen) atoms. The molecule has 2 N–H and O–H groups in total. The van der Waals surface area contributed by atoms with Crippen LogP contribution in [0.15, 0.2) is 4.99 Å². The molecule has 0 aromatic carbocycles. The van der Waals surface area contributed by atoms with Crippen molar-refractivity contribution in [3.8, 4) is 0 Å². The summed E-state index contributed by atoms with van der Waals surface area (Å²) in [7, 11) is 5.16. The molecule has 2 fully saturated rings. The third-order valence-electron chi connectivity index (χ3n) is 3.71. The van der Waals surface area contributed by atoms with Crippen LogP contribution >= 0.6 is 24.0 Å². The number of hydrogen-bond donors (Lipinski definition) is 2. The zero-order valence-electron chi connectivity index (χ0n) is 12.8. The predicted octanol–water partition coefficient (Wildman–Crippen LogP) is 0.153. The third-order valence-corrected chi connectivity index (χ3v) is 3.71. The average Bonchev–Trinajstić information content (AvgIpc) is 3.04. The van der Waals surface area contributed by atoms with E-state index in [-0.39, 0.29) is 42.5 Å². The van der Waals surface area contributed by atoms with Gasteiger partial charge in [-0.1, -0.05) is 0 Å². The molecule has 0 aromatic rings. The average molecular weight is 412 g/mol. The van der Waals surface area contributed by atoms with Gasteiger partial charge in [0.15, 0.2) is 11.7 Å². The Morgan fingerprint density at radius 3 is 2.62 bits per heavy atom. The molecule has 1 aliphatic heterocycles. The molecule has 1 saturated carbocycles. The molecule has 8 heteroatoms. The third kappa shape index (κ3) is 4.96. The van der Waals surface area contributed by atoms with Crippen molar-refractivity contribution in [2.75, 3.05) is 40.9 Å². The zero-order chi connectivity index (χ0) is 14.6. The smallest absolute Gasteiger partial charge is 0.241 e. The van der Waals surface area contributed by atoms with Crippen LogP contribution in [-0.4, -0.2) is 69.5 Å². The summed E-state index contributed by atoms with van der Waals surface area (Å²) in [6, 6.07) is 0.258. The van der Waals surface area contributed by atoms with E-state index >= 15 is 0 Å². The van der Waals surface area contributed by atoms with Gasteiger partial charge >= 0.3 is 0 Å². The van der Waals surface area contributed by atoms with E-state index in [1.807, 2.05) is 0 Å². The first-order valence-corrected chi connectivity index (χ1v) is 7.00. The van der Waals surface area contributed by atoms with Crippen molar-refractivity contribution < 1.29 is 14.3 Å². The number of likely N-dealkylation sites (N-methyl/N-ethyl adjacent to an activating group) is 1. The normalized spacial score (nSPS) is 23.8. The van der Waals surface area contributed by atoms with Gasteiger partial charge in [-0.15, -0.1) is 24.0 Å². The van der Waals surface area contributed by atoms with E-state index in [0.29, 0.717) is 19.2 Å². The lowest BCUT2D eigenvalue weighted by molar-refractivity contribution is -0.151. The Kier molecular flexibility index (Phi) is 7.14. The quantitative estimate of drug-likeness (QED) is 0.392. The number of hydrogen-bond acceptors (Lipinski definition) is 4. The molecule has 0 aromatic heterocycles. The van der Waals surface area contributed by atoms with Gasteiger partial charge in [-0.2, -0.15) is 0 Å². The molecular formula is C13H25IN4O3. The van der Waals surface area contributed by atoms with Crippen LogP contribution in [0.4, 0.5) is 0 Å². The van der Waals surface area contributed by atoms with Gasteiger partial charge in [0.05, 0.1) is 19.8 Å². The van der Waals surface area contributed by atoms with E-state index in [2.05, 4.69) is 15.6 Å². The summed E-state index contributed by atoms with van der Waals surface area (Å²) in [5.41, 5.74) is 0. The molecular weight excluding hydrogens is 387 g/mol. The number of carbonyl (C=O) groups is 1. The van der Waals surface area contributed by atoms with Crippen molar-refractivity contribution in [3.05, 3.63) is 0 Å². The Labute approximate surface area is 142 Å². The van der Waals surface area contributed by atoms with E-state index in [1.165, 1.54) is 0 Å². The van der Waals surface area contributed by atoms with E-state index in [1.54, 1.807) is 26.0 Å². The summed E-state index contributed by atoms with van der Waals surface area (Å²) in [5.74, 6) is 0.259. The summed E-state index contributed by atoms with van der Waals surface area (Å²) >= 11 is 0. The van der Waals surface area contributed by atoms with Gasteiger partial charge in [0.25, 0.3) is 0 Å². The van der Waals surface area contributed by atoms with Crippen molar-refractivity contribution in [1.29, 1.82) is 0 Å². The second-order valence-corrected chi connectivity index (χ2v) is 5.41. The number of amides is 1. The summed E-state index contributed by atoms with van der Waals surface area (Å²) < 4.78 is 11.4. The molecule has 1 saturated heterocycles. The summed E-state index contributed by atoms with van der Waals surface area (Å²) in [6.45, 7) is 1.59. The van der Waals surface area contributed by atoms with Gasteiger partial charge in [0, 0.05) is 40.0 Å². The van der Waals surface area contributed by atoms with Crippen LogP contribution in [0.5, 0.6) is 0 Å². The molecule has 0 bridgehead atoms. The molecule has 1 unspecified atom stereocenters. The largest absolute Gasteiger partial charge is 0.353 e. The van der Waals surface area contributed by atoms with E-state index in [4.69, 9.17) is 9.47 Å². The van der Waals surface area contributed by atoms with Gasteiger partial charge in [-0.05, 0) is 6.42 Å². The van der Waals surface area contributed by atoms with Gasteiger partial charge in [0.1, 0.15) is 0 Å². The minimum Gasteiger partial charge on any atom is -0.353 e. The minimum absolute atomic E-state index is 0. The van der Waals surface area contributed by atoms with Gasteiger partial charge in [-0.3, -0.25) is 9.79 Å². The highest BCUT2D eigenvalue weighted by Gasteiger charge is 2.44. The molecule has 2 aliphatic rings. The Hall–Kier alpha value is -0.610. The van der Waals surface area contributed by atoms with Gasteiger partial charge in [0.2, 0.25) is 5.91 Å². The molecule has 1 spiro atoms. The fourth-order valence-corrected chi connectivity index (χ4v) is 2.56. The first-order chi connectivity index (χ1) is 9.54. The molecule has 7 nitrogen and oxygen atoms in total. The topological polar surface area (TPSA) is 75.2 Å². The summed E-state index contributed by atoms with van der Waals surface area (Å²) in [6.07, 6.45) is 2.69. The van der Waals surface area contributed by atoms with Crippen LogP contribution in [0, 0.1) is 0 Å². The second-order valence-electron chi connectivity index (χ2n) is 5.41. The van der Waals surface area contributed by atoms with E-state index < -0.39 is 5.79 Å². The van der Waals surface area contributed by atoms with Crippen molar-refractivity contribution >= 4 is 35.8 Å². The van der Waals surface area contributed by atoms with Crippen molar-refractivity contribution in [3.63, 3.8) is 0 Å². The SMILES string of the molecule is CN=C(NCC(=O)N(C)C)NC1CCC2(C1)OCCO2.I. The van der Waals surface area contributed by atoms with E-state index in [9.17, 15) is 4.79 Å². The lowest BCUT2D eigenvalue weighted by Gasteiger charge is -2.22. The Morgan fingerprint density at radius 2 is 2.05 bits per heavy atom. The molecule has 2 rings (SSSR count). The fraction of sp³-hybridized carbons (Fsp3) is 0.846. The number of guanidine groups is 1. The Balaban J connectivity index is 0.00000220. The molecule has 122 valence electrons. The number of nitrogens with zero attached hydrogens (tertiary/aromatic N) is 2. The first kappa shape index (κ1) is 18.4. The number of nitrogens with one attached hydrogen (secondary N) is 2. The lowest BCUT2D eigenvalue weighted by atomic mass is 10.2. The maximum absolute atomic E-state index is 11.5. The van der Waals surface area contributed by atoms with Gasteiger partial charge in [-0.25, -0.2) is 0 Å². The molecule has 1 aliphatic carbocycles. The number of ether oxygens (including phenoxy) is 2. The molecule has 1 atom stereocenters. The minimum atomic E-state index is -0.393. The van der Waals surface area contributed by atoms with Crippen LogP contribution < -0.4 is 10.6 Å². The number of halogens is 1. The van der Waals surface area contributed by atoms with Gasteiger partial charge < -0.3 is 25.0 Å². The standard InChI is InChI=1S/C13H24N4O3.HI/c1-14-12(15-9-11(18)17(2)3)16-10-4-5-13(8-10)19-6-7-20-13;/h10H,4-9H2,1-3H3,(H2,14,15,16);1H. The molecule has 1 amide bonds. The van der Waals surface area contributed by atoms with E-state index in [0.717, 1.165) is 19.3 Å². The highest BCUT2D eigenvalue weighted by molar-refractivity contribution is 14.0. The lowest BCUT2D eigenvalue weighted by Crippen LogP contribution is -2.46. The van der Waals surface area contributed by atoms with Crippen molar-refractivity contribution in [2.45, 2.75) is 31.1 Å². The number of carbonyl (C=O) groups excluding carboxylic acids is 1. The van der Waals surface area contributed by atoms with Crippen LogP contribution in [0.1, 0.15) is 19.3 Å². The molecule has 1 heterocycles. The first-order valence-electron chi connectivity index (χ1n) is 7.00. The van der Waals surface area contributed by atoms with Crippen LogP contribution in [0.25, 0.3) is 0 Å². The highest BCUT2D eigenvalue weighted by Crippen LogP contribution is 2.37. The highest BCUT2D eigenvalue weighted by atomic mass is 127. The predicted molar refractivity (Wildman–Crippen MR) is 90.9 cm³/mol. The second kappa shape index (κ2) is 8.14. The summed E-state index contributed by atoms with van der Waals surface area (Å²) in [4.78, 5) is 17.2. The van der Waals surface area contributed by atoms with Crippen molar-refractivity contribution in [1.82, 2.24) is 15.5 Å². The maximum atomic E-state index is 11.5. The maximum Gasteiger partial charge on any atom is 0.241 e. The Morgan fingerprint density at radius 1 is 1.38 bits per heavy atom. The van der Waals surface area contributed by atoms with Crippen LogP contribution in [0.3, 0.4) is 0 Å². The monoisotopic (exact) mass is 412 g/mol. The van der Waals surface area contributed by atoms with Crippen LogP contribution in [0.2, 0.25) is 0 Å². The Bertz CT molecular complexity index is 384. The summed E-state index contributed by atoms with van der Waals surface area (Å²) in [5, 5.41) is 6.34. The fourth-order valence-electron chi connectivity index (χ4n) is 2.56.